The molecule has 0 saturated carbocycles. The van der Waals surface area contributed by atoms with Gasteiger partial charge in [-0.2, -0.15) is 5.57 Å². The van der Waals surface area contributed by atoms with Gasteiger partial charge >= 0.3 is 57.5 Å². The molecule has 29 heavy (non-hydrogen) atoms. The van der Waals surface area contributed by atoms with Crippen LogP contribution < -0.4 is 51.4 Å². The van der Waals surface area contributed by atoms with E-state index in [1.807, 2.05) is 20.8 Å². The molecule has 0 bridgehead atoms. The fourth-order valence-electron chi connectivity index (χ4n) is 4.26. The summed E-state index contributed by atoms with van der Waals surface area (Å²) >= 11 is 0. The van der Waals surface area contributed by atoms with E-state index in [1.54, 1.807) is 12.0 Å². The number of nitrogens with zero attached hydrogens (tertiary/aromatic N) is 3. The summed E-state index contributed by atoms with van der Waals surface area (Å²) < 4.78 is 16.6. The second-order valence-corrected chi connectivity index (χ2v) is 8.78. The third kappa shape index (κ3) is 6.69. The van der Waals surface area contributed by atoms with Gasteiger partial charge in [-0.05, 0) is 79.2 Å². The molecular formula is C21H33KN3O4-. The Labute approximate surface area is 217 Å². The van der Waals surface area contributed by atoms with Crippen molar-refractivity contribution in [2.24, 2.45) is 4.99 Å². The molecule has 0 unspecified atom stereocenters. The number of methoxy groups -OCH3 is 1. The van der Waals surface area contributed by atoms with Crippen molar-refractivity contribution >= 4 is 12.0 Å². The number of hydrogen-bond donors (Lipinski definition) is 0. The summed E-state index contributed by atoms with van der Waals surface area (Å²) in [6.45, 7) is 11.1. The van der Waals surface area contributed by atoms with Crippen molar-refractivity contribution in [3.8, 4) is 0 Å². The summed E-state index contributed by atoms with van der Waals surface area (Å²) in [5, 5.41) is 0. The molecule has 2 saturated heterocycles. The van der Waals surface area contributed by atoms with Gasteiger partial charge in [0.1, 0.15) is 5.60 Å². The number of rotatable bonds is 5. The molecule has 3 heterocycles. The summed E-state index contributed by atoms with van der Waals surface area (Å²) in [5.41, 5.74) is 0.576. The first-order valence-corrected chi connectivity index (χ1v) is 10.2. The van der Waals surface area contributed by atoms with Crippen LogP contribution in [0.2, 0.25) is 0 Å². The Morgan fingerprint density at radius 2 is 1.93 bits per heavy atom. The zero-order valence-electron chi connectivity index (χ0n) is 18.6. The Kier molecular flexibility index (Phi) is 9.52. The van der Waals surface area contributed by atoms with Gasteiger partial charge in [-0.15, -0.1) is 0 Å². The monoisotopic (exact) mass is 430 g/mol. The van der Waals surface area contributed by atoms with Crippen LogP contribution in [0.3, 0.4) is 0 Å². The molecule has 158 valence electrons. The van der Waals surface area contributed by atoms with Crippen molar-refractivity contribution in [1.82, 2.24) is 9.80 Å². The molecule has 3 aliphatic rings. The van der Waals surface area contributed by atoms with Crippen LogP contribution in [-0.2, 0) is 14.2 Å². The van der Waals surface area contributed by atoms with Crippen LogP contribution in [0.25, 0.3) is 0 Å². The van der Waals surface area contributed by atoms with E-state index >= 15 is 0 Å². The van der Waals surface area contributed by atoms with E-state index in [4.69, 9.17) is 14.2 Å². The van der Waals surface area contributed by atoms with Gasteiger partial charge in [0.2, 0.25) is 0 Å². The third-order valence-electron chi connectivity index (χ3n) is 5.63. The molecule has 3 aliphatic heterocycles. The van der Waals surface area contributed by atoms with Crippen LogP contribution in [0.5, 0.6) is 0 Å². The van der Waals surface area contributed by atoms with Gasteiger partial charge in [-0.3, -0.25) is 4.90 Å². The second kappa shape index (κ2) is 11.0. The number of carbonyl (C=O) groups is 1. The van der Waals surface area contributed by atoms with Crippen molar-refractivity contribution in [3.05, 3.63) is 18.4 Å². The molecule has 1 amide bonds. The quantitative estimate of drug-likeness (QED) is 0.205. The normalized spacial score (nSPS) is 21.9. The minimum Gasteiger partial charge on any atom is -0.566 e. The minimum atomic E-state index is -0.500. The number of aliphatic imine (C=N–C) groups is 1. The molecule has 0 radical (unpaired) electrons. The van der Waals surface area contributed by atoms with Gasteiger partial charge in [0.05, 0.1) is 13.7 Å². The van der Waals surface area contributed by atoms with Crippen molar-refractivity contribution in [2.75, 3.05) is 39.9 Å². The van der Waals surface area contributed by atoms with Crippen LogP contribution in [-0.4, -0.2) is 72.8 Å². The van der Waals surface area contributed by atoms with Crippen LogP contribution in [0.1, 0.15) is 52.9 Å². The van der Waals surface area contributed by atoms with Crippen LogP contribution in [0.15, 0.2) is 10.6 Å². The van der Waals surface area contributed by atoms with Gasteiger partial charge in [-0.25, -0.2) is 10.9 Å². The van der Waals surface area contributed by atoms with Gasteiger partial charge in [0, 0.05) is 18.0 Å². The topological polar surface area (TPSA) is 63.6 Å². The smallest absolute Gasteiger partial charge is 0.566 e. The van der Waals surface area contributed by atoms with Crippen molar-refractivity contribution in [3.63, 3.8) is 0 Å². The molecule has 0 spiro atoms. The maximum absolute atomic E-state index is 12.1. The van der Waals surface area contributed by atoms with Gasteiger partial charge in [0.15, 0.2) is 0 Å². The maximum Gasteiger partial charge on any atom is 1.00 e. The van der Waals surface area contributed by atoms with E-state index in [-0.39, 0.29) is 63.0 Å². The van der Waals surface area contributed by atoms with E-state index < -0.39 is 5.60 Å². The molecular weight excluding hydrogens is 397 g/mol. The first kappa shape index (κ1) is 25.2. The Balaban J connectivity index is 0.00000300. The molecule has 2 fully saturated rings. The first-order valence-electron chi connectivity index (χ1n) is 10.2. The van der Waals surface area contributed by atoms with Crippen LogP contribution in [0, 0.1) is 12.8 Å². The summed E-state index contributed by atoms with van der Waals surface area (Å²) in [5.74, 6) is 0.496. The SMILES string of the molecule is CO/C(=N/[CH-]OCC12CCCN1CCC2)C1=[C-]CN(C(=O)OC(C)(C)C)CC1.[K+]. The molecule has 0 aromatic rings. The number of hydrogen-bond acceptors (Lipinski definition) is 6. The number of amides is 1. The number of ether oxygens (including phenoxy) is 3. The summed E-state index contributed by atoms with van der Waals surface area (Å²) in [4.78, 5) is 20.7. The van der Waals surface area contributed by atoms with Gasteiger partial charge in [-0.1, -0.05) is 0 Å². The molecule has 0 aromatic carbocycles. The Morgan fingerprint density at radius 3 is 2.48 bits per heavy atom. The Hall–Kier alpha value is -0.0936. The number of fused-ring (bicyclic) bond motifs is 1. The standard InChI is InChI=1S/C21H33N3O4.K/c1-20(2,3)28-19(25)23-13-7-17(8-14-23)18(26-4)22-16-27-15-21-9-5-11-24(21)12-6-10-21;/h16H,5-7,9-15H2,1-4H3;/q-2;+1/b22-18+;. The van der Waals surface area contributed by atoms with Crippen LogP contribution >= 0.6 is 0 Å². The predicted molar refractivity (Wildman–Crippen MR) is 107 cm³/mol. The van der Waals surface area contributed by atoms with Crippen molar-refractivity contribution in [1.29, 1.82) is 0 Å². The van der Waals surface area contributed by atoms with E-state index in [0.29, 0.717) is 32.0 Å². The van der Waals surface area contributed by atoms with Crippen molar-refractivity contribution in [2.45, 2.75) is 64.0 Å². The molecule has 8 heteroatoms. The average Bonchev–Trinajstić information content (AvgIpc) is 3.20. The maximum atomic E-state index is 12.1. The largest absolute Gasteiger partial charge is 1.00 e. The molecule has 3 rings (SSSR count). The van der Waals surface area contributed by atoms with Gasteiger partial charge < -0.3 is 24.1 Å². The third-order valence-corrected chi connectivity index (χ3v) is 5.63. The van der Waals surface area contributed by atoms with E-state index in [2.05, 4.69) is 16.0 Å². The zero-order valence-corrected chi connectivity index (χ0v) is 21.7. The van der Waals surface area contributed by atoms with Gasteiger partial charge in [0.25, 0.3) is 0 Å². The summed E-state index contributed by atoms with van der Waals surface area (Å²) in [6.07, 6.45) is 8.44. The Bertz CT molecular complexity index is 620. The second-order valence-electron chi connectivity index (χ2n) is 8.78. The van der Waals surface area contributed by atoms with Crippen LogP contribution in [0.4, 0.5) is 4.79 Å². The van der Waals surface area contributed by atoms with E-state index in [1.165, 1.54) is 45.5 Å². The minimum absolute atomic E-state index is 0. The zero-order chi connectivity index (χ0) is 20.2. The summed E-state index contributed by atoms with van der Waals surface area (Å²) in [7, 11) is 1.59. The van der Waals surface area contributed by atoms with E-state index in [0.717, 1.165) is 5.57 Å². The first-order chi connectivity index (χ1) is 13.3. The predicted octanol–water partition coefficient (Wildman–Crippen LogP) is 0.170. The van der Waals surface area contributed by atoms with Crippen molar-refractivity contribution < 1.29 is 70.4 Å². The molecule has 0 aromatic heterocycles. The fraction of sp³-hybridized carbons (Fsp3) is 0.762. The number of carbonyl (C=O) groups excluding carboxylic acids is 1. The average molecular weight is 431 g/mol. The fourth-order valence-corrected chi connectivity index (χ4v) is 4.26. The summed E-state index contributed by atoms with van der Waals surface area (Å²) in [6, 6.07) is 0. The molecule has 0 atom stereocenters. The van der Waals surface area contributed by atoms with E-state index in [9.17, 15) is 4.79 Å². The molecule has 0 N–H and O–H groups in total. The molecule has 0 aliphatic carbocycles. The Morgan fingerprint density at radius 1 is 1.24 bits per heavy atom. The molecule has 7 nitrogen and oxygen atoms in total.